The van der Waals surface area contributed by atoms with Crippen molar-refractivity contribution in [1.82, 2.24) is 20.1 Å². The molecule has 0 radical (unpaired) electrons. The second-order valence-electron chi connectivity index (χ2n) is 8.33. The van der Waals surface area contributed by atoms with Gasteiger partial charge in [-0.05, 0) is 37.2 Å². The predicted molar refractivity (Wildman–Crippen MR) is 107 cm³/mol. The summed E-state index contributed by atoms with van der Waals surface area (Å²) in [5.41, 5.74) is 0.571. The maximum Gasteiger partial charge on any atom is 0.317 e. The molecule has 29 heavy (non-hydrogen) atoms. The fraction of sp³-hybridized carbons (Fsp3) is 0.667. The van der Waals surface area contributed by atoms with Gasteiger partial charge in [0.1, 0.15) is 0 Å². The molecule has 1 aromatic rings. The number of methoxy groups -OCH3 is 1. The highest BCUT2D eigenvalue weighted by Crippen LogP contribution is 2.44. The number of amides is 3. The number of nitrogens with zero attached hydrogens (tertiary/aromatic N) is 3. The van der Waals surface area contributed by atoms with Crippen LogP contribution in [0.25, 0.3) is 0 Å². The van der Waals surface area contributed by atoms with E-state index in [1.165, 1.54) is 0 Å². The summed E-state index contributed by atoms with van der Waals surface area (Å²) in [6, 6.07) is 3.49. The SMILES string of the molecule is COc1ccc(C(=O)N2CC(CNC(=O)N3CCCC3)C3(CCOCC3)C2)cn1. The van der Waals surface area contributed by atoms with E-state index in [4.69, 9.17) is 9.47 Å². The summed E-state index contributed by atoms with van der Waals surface area (Å²) in [4.78, 5) is 33.5. The molecular formula is C21H30N4O4. The third-order valence-corrected chi connectivity index (χ3v) is 6.67. The zero-order valence-corrected chi connectivity index (χ0v) is 17.1. The van der Waals surface area contributed by atoms with Crippen LogP contribution in [0.1, 0.15) is 36.0 Å². The molecule has 1 N–H and O–H groups in total. The van der Waals surface area contributed by atoms with E-state index in [-0.39, 0.29) is 23.3 Å². The number of ether oxygens (including phenoxy) is 2. The highest BCUT2D eigenvalue weighted by Gasteiger charge is 2.48. The van der Waals surface area contributed by atoms with E-state index in [1.54, 1.807) is 25.4 Å². The number of aromatic nitrogens is 1. The molecule has 0 saturated carbocycles. The Hall–Kier alpha value is -2.35. The zero-order chi connectivity index (χ0) is 20.3. The number of pyridine rings is 1. The first-order valence-corrected chi connectivity index (χ1v) is 10.5. The first-order chi connectivity index (χ1) is 14.1. The Labute approximate surface area is 171 Å². The summed E-state index contributed by atoms with van der Waals surface area (Å²) in [5.74, 6) is 0.707. The molecule has 3 saturated heterocycles. The van der Waals surface area contributed by atoms with Gasteiger partial charge in [-0.2, -0.15) is 0 Å². The minimum atomic E-state index is -0.0145. The fourth-order valence-corrected chi connectivity index (χ4v) is 4.87. The number of hydrogen-bond donors (Lipinski definition) is 1. The molecule has 1 unspecified atom stereocenters. The van der Waals surface area contributed by atoms with Crippen LogP contribution in [0, 0.1) is 11.3 Å². The average molecular weight is 402 g/mol. The van der Waals surface area contributed by atoms with Crippen LogP contribution < -0.4 is 10.1 Å². The topological polar surface area (TPSA) is 84.0 Å². The van der Waals surface area contributed by atoms with E-state index >= 15 is 0 Å². The Morgan fingerprint density at radius 1 is 1.24 bits per heavy atom. The summed E-state index contributed by atoms with van der Waals surface area (Å²) in [6.07, 6.45) is 5.57. The van der Waals surface area contributed by atoms with Gasteiger partial charge in [-0.1, -0.05) is 0 Å². The predicted octanol–water partition coefficient (Wildman–Crippen LogP) is 1.76. The maximum absolute atomic E-state index is 13.1. The van der Waals surface area contributed by atoms with Gasteiger partial charge in [0.15, 0.2) is 0 Å². The third kappa shape index (κ3) is 4.17. The second kappa shape index (κ2) is 8.57. The molecule has 4 heterocycles. The van der Waals surface area contributed by atoms with Crippen molar-refractivity contribution in [2.45, 2.75) is 25.7 Å². The maximum atomic E-state index is 13.1. The quantitative estimate of drug-likeness (QED) is 0.830. The molecule has 1 atom stereocenters. The minimum Gasteiger partial charge on any atom is -0.481 e. The summed E-state index contributed by atoms with van der Waals surface area (Å²) in [7, 11) is 1.56. The molecule has 8 nitrogen and oxygen atoms in total. The van der Waals surface area contributed by atoms with Gasteiger partial charge in [-0.3, -0.25) is 4.79 Å². The van der Waals surface area contributed by atoms with Crippen molar-refractivity contribution in [2.75, 3.05) is 53.0 Å². The van der Waals surface area contributed by atoms with Gasteiger partial charge in [-0.25, -0.2) is 9.78 Å². The van der Waals surface area contributed by atoms with Gasteiger partial charge in [0.05, 0.1) is 12.7 Å². The van der Waals surface area contributed by atoms with Crippen LogP contribution in [0.15, 0.2) is 18.3 Å². The minimum absolute atomic E-state index is 0.00605. The van der Waals surface area contributed by atoms with Crippen LogP contribution >= 0.6 is 0 Å². The molecule has 1 aromatic heterocycles. The lowest BCUT2D eigenvalue weighted by atomic mass is 9.72. The molecule has 3 amide bonds. The second-order valence-corrected chi connectivity index (χ2v) is 8.33. The fourth-order valence-electron chi connectivity index (χ4n) is 4.87. The van der Waals surface area contributed by atoms with E-state index in [2.05, 4.69) is 10.3 Å². The zero-order valence-electron chi connectivity index (χ0n) is 17.1. The summed E-state index contributed by atoms with van der Waals surface area (Å²) in [5, 5.41) is 3.13. The van der Waals surface area contributed by atoms with Crippen LogP contribution in [0.2, 0.25) is 0 Å². The Balaban J connectivity index is 1.44. The van der Waals surface area contributed by atoms with Crippen LogP contribution in [-0.4, -0.2) is 79.8 Å². The van der Waals surface area contributed by atoms with Gasteiger partial charge in [0, 0.05) is 64.1 Å². The van der Waals surface area contributed by atoms with Gasteiger partial charge in [-0.15, -0.1) is 0 Å². The molecule has 0 bridgehead atoms. The number of rotatable bonds is 4. The van der Waals surface area contributed by atoms with Gasteiger partial charge < -0.3 is 24.6 Å². The van der Waals surface area contributed by atoms with Crippen LogP contribution in [0.4, 0.5) is 4.79 Å². The van der Waals surface area contributed by atoms with Crippen molar-refractivity contribution >= 4 is 11.9 Å². The lowest BCUT2D eigenvalue weighted by Gasteiger charge is -2.38. The van der Waals surface area contributed by atoms with Crippen LogP contribution in [0.3, 0.4) is 0 Å². The Morgan fingerprint density at radius 2 is 2.00 bits per heavy atom. The van der Waals surface area contributed by atoms with Crippen molar-refractivity contribution in [3.63, 3.8) is 0 Å². The van der Waals surface area contributed by atoms with Gasteiger partial charge >= 0.3 is 6.03 Å². The Bertz CT molecular complexity index is 727. The summed E-state index contributed by atoms with van der Waals surface area (Å²) in [6.45, 7) is 5.04. The van der Waals surface area contributed by atoms with E-state index in [0.29, 0.717) is 44.3 Å². The molecule has 3 fully saturated rings. The van der Waals surface area contributed by atoms with Crippen LogP contribution in [-0.2, 0) is 4.74 Å². The van der Waals surface area contributed by atoms with Crippen molar-refractivity contribution in [3.05, 3.63) is 23.9 Å². The van der Waals surface area contributed by atoms with Crippen LogP contribution in [0.5, 0.6) is 5.88 Å². The number of nitrogens with one attached hydrogen (secondary N) is 1. The highest BCUT2D eigenvalue weighted by molar-refractivity contribution is 5.94. The number of likely N-dealkylation sites (tertiary alicyclic amines) is 2. The van der Waals surface area contributed by atoms with E-state index in [9.17, 15) is 9.59 Å². The standard InChI is InChI=1S/C21H30N4O4/c1-28-18-5-4-16(12-22-18)19(26)25-14-17(21(15-25)6-10-29-11-7-21)13-23-20(27)24-8-2-3-9-24/h4-5,12,17H,2-3,6-11,13-15H2,1H3,(H,23,27). The van der Waals surface area contributed by atoms with Crippen molar-refractivity contribution in [1.29, 1.82) is 0 Å². The molecule has 4 rings (SSSR count). The van der Waals surface area contributed by atoms with Crippen molar-refractivity contribution in [2.24, 2.45) is 11.3 Å². The Kier molecular flexibility index (Phi) is 5.89. The van der Waals surface area contributed by atoms with Gasteiger partial charge in [0.2, 0.25) is 5.88 Å². The summed E-state index contributed by atoms with van der Waals surface area (Å²) < 4.78 is 10.7. The number of carbonyl (C=O) groups is 2. The molecule has 3 aliphatic rings. The first kappa shape index (κ1) is 19.9. The smallest absolute Gasteiger partial charge is 0.317 e. The molecule has 0 aliphatic carbocycles. The van der Waals surface area contributed by atoms with Gasteiger partial charge in [0.25, 0.3) is 5.91 Å². The number of hydrogen-bond acceptors (Lipinski definition) is 5. The molecule has 158 valence electrons. The molecule has 3 aliphatic heterocycles. The lowest BCUT2D eigenvalue weighted by Crippen LogP contribution is -2.45. The molecule has 0 aromatic carbocycles. The first-order valence-electron chi connectivity index (χ1n) is 10.5. The van der Waals surface area contributed by atoms with Crippen molar-refractivity contribution < 1.29 is 19.1 Å². The number of carbonyl (C=O) groups excluding carboxylic acids is 2. The highest BCUT2D eigenvalue weighted by atomic mass is 16.5. The molecular weight excluding hydrogens is 372 g/mol. The average Bonchev–Trinajstić information content (AvgIpc) is 3.41. The van der Waals surface area contributed by atoms with E-state index < -0.39 is 0 Å². The lowest BCUT2D eigenvalue weighted by molar-refractivity contribution is 0.000275. The van der Waals surface area contributed by atoms with Crippen molar-refractivity contribution in [3.8, 4) is 5.88 Å². The van der Waals surface area contributed by atoms with E-state index in [0.717, 1.165) is 38.8 Å². The molecule has 8 heteroatoms. The molecule has 1 spiro atoms. The monoisotopic (exact) mass is 402 g/mol. The number of urea groups is 1. The normalized spacial score (nSPS) is 23.4. The summed E-state index contributed by atoms with van der Waals surface area (Å²) >= 11 is 0. The van der Waals surface area contributed by atoms with E-state index in [1.807, 2.05) is 9.80 Å². The largest absolute Gasteiger partial charge is 0.481 e. The Morgan fingerprint density at radius 3 is 2.66 bits per heavy atom. The third-order valence-electron chi connectivity index (χ3n) is 6.67.